The summed E-state index contributed by atoms with van der Waals surface area (Å²) in [5.74, 6) is -0.837. The van der Waals surface area contributed by atoms with E-state index in [1.807, 2.05) is 13.8 Å². The highest BCUT2D eigenvalue weighted by Gasteiger charge is 2.19. The fraction of sp³-hybridized carbons (Fsp3) is 0.667. The van der Waals surface area contributed by atoms with E-state index in [1.54, 1.807) is 0 Å². The Morgan fingerprint density at radius 2 is 2.27 bits per heavy atom. The van der Waals surface area contributed by atoms with Gasteiger partial charge in [0.15, 0.2) is 5.69 Å². The maximum absolute atomic E-state index is 12.2. The molecular weight excluding hydrogens is 201 g/mol. The number of carboxylic acids is 1. The van der Waals surface area contributed by atoms with Gasteiger partial charge in [-0.3, -0.25) is 0 Å². The molecule has 5 nitrogen and oxygen atoms in total. The number of carboxylic acid groups (broad SMARTS) is 1. The lowest BCUT2D eigenvalue weighted by molar-refractivity contribution is 0.0689. The first-order valence-electron chi connectivity index (χ1n) is 4.77. The minimum atomic E-state index is -1.12. The zero-order valence-electron chi connectivity index (χ0n) is 8.77. The third-order valence-corrected chi connectivity index (χ3v) is 1.94. The second-order valence-electron chi connectivity index (χ2n) is 3.70. The van der Waals surface area contributed by atoms with Crippen LogP contribution in [0.25, 0.3) is 0 Å². The molecule has 1 rings (SSSR count). The Bertz CT molecular complexity index is 349. The third kappa shape index (κ3) is 2.74. The van der Waals surface area contributed by atoms with Crippen molar-refractivity contribution in [2.45, 2.75) is 26.8 Å². The van der Waals surface area contributed by atoms with Crippen molar-refractivity contribution >= 4 is 5.97 Å². The number of hydrogen-bond acceptors (Lipinski definition) is 3. The second-order valence-corrected chi connectivity index (χ2v) is 3.70. The molecule has 6 heteroatoms. The van der Waals surface area contributed by atoms with Gasteiger partial charge in [0.25, 0.3) is 0 Å². The Hall–Kier alpha value is -1.46. The second kappa shape index (κ2) is 4.86. The highest BCUT2D eigenvalue weighted by molar-refractivity contribution is 5.86. The van der Waals surface area contributed by atoms with E-state index in [2.05, 4.69) is 10.3 Å². The van der Waals surface area contributed by atoms with Crippen LogP contribution in [-0.4, -0.2) is 32.7 Å². The molecule has 0 amide bonds. The lowest BCUT2D eigenvalue weighted by atomic mass is 10.1. The molecule has 0 radical (unpaired) electrons. The summed E-state index contributed by atoms with van der Waals surface area (Å²) in [4.78, 5) is 10.8. The van der Waals surface area contributed by atoms with E-state index in [1.165, 1.54) is 4.68 Å². The minimum absolute atomic E-state index is 0.0579. The average molecular weight is 215 g/mol. The molecule has 0 spiro atoms. The Balaban J connectivity index is 3.02. The standard InChI is InChI=1S/C9H14FN3O2/c1-6(2)5-7-8(9(14)15)11-12-13(7)4-3-10/h6H,3-5H2,1-2H3,(H,14,15). The first kappa shape index (κ1) is 11.6. The van der Waals surface area contributed by atoms with Gasteiger partial charge in [-0.25, -0.2) is 13.9 Å². The Labute approximate surface area is 86.9 Å². The van der Waals surface area contributed by atoms with Crippen LogP contribution in [0, 0.1) is 5.92 Å². The van der Waals surface area contributed by atoms with Crippen molar-refractivity contribution in [3.05, 3.63) is 11.4 Å². The molecule has 15 heavy (non-hydrogen) atoms. The molecule has 0 aromatic carbocycles. The summed E-state index contributed by atoms with van der Waals surface area (Å²) in [6.45, 7) is 3.40. The third-order valence-electron chi connectivity index (χ3n) is 1.94. The number of aromatic nitrogens is 3. The molecule has 0 aliphatic heterocycles. The van der Waals surface area contributed by atoms with Crippen molar-refractivity contribution in [2.75, 3.05) is 6.67 Å². The van der Waals surface area contributed by atoms with E-state index >= 15 is 0 Å². The highest BCUT2D eigenvalue weighted by atomic mass is 19.1. The van der Waals surface area contributed by atoms with Gasteiger partial charge in [-0.15, -0.1) is 5.10 Å². The summed E-state index contributed by atoms with van der Waals surface area (Å²) in [6.07, 6.45) is 0.536. The molecule has 0 saturated carbocycles. The highest BCUT2D eigenvalue weighted by Crippen LogP contribution is 2.11. The largest absolute Gasteiger partial charge is 0.476 e. The van der Waals surface area contributed by atoms with Crippen molar-refractivity contribution < 1.29 is 14.3 Å². The number of alkyl halides is 1. The number of rotatable bonds is 5. The summed E-state index contributed by atoms with van der Waals surface area (Å²) in [7, 11) is 0. The van der Waals surface area contributed by atoms with Gasteiger partial charge < -0.3 is 5.11 Å². The van der Waals surface area contributed by atoms with E-state index in [0.717, 1.165) is 0 Å². The van der Waals surface area contributed by atoms with Gasteiger partial charge in [-0.1, -0.05) is 19.1 Å². The average Bonchev–Trinajstić information content (AvgIpc) is 2.48. The number of carbonyl (C=O) groups is 1. The Morgan fingerprint density at radius 3 is 2.73 bits per heavy atom. The molecule has 0 unspecified atom stereocenters. The molecule has 0 saturated heterocycles. The molecule has 84 valence electrons. The number of aryl methyl sites for hydroxylation is 1. The molecule has 0 aliphatic carbocycles. The minimum Gasteiger partial charge on any atom is -0.476 e. The first-order valence-corrected chi connectivity index (χ1v) is 4.77. The van der Waals surface area contributed by atoms with Gasteiger partial charge in [0.2, 0.25) is 0 Å². The van der Waals surface area contributed by atoms with Crippen LogP contribution in [0.1, 0.15) is 30.0 Å². The monoisotopic (exact) mass is 215 g/mol. The topological polar surface area (TPSA) is 68.0 Å². The van der Waals surface area contributed by atoms with Gasteiger partial charge in [-0.05, 0) is 12.3 Å². The number of nitrogens with zero attached hydrogens (tertiary/aromatic N) is 3. The first-order chi connectivity index (χ1) is 7.06. The Kier molecular flexibility index (Phi) is 3.76. The van der Waals surface area contributed by atoms with Crippen LogP contribution in [0.4, 0.5) is 4.39 Å². The van der Waals surface area contributed by atoms with Crippen molar-refractivity contribution in [3.63, 3.8) is 0 Å². The van der Waals surface area contributed by atoms with Gasteiger partial charge in [0.05, 0.1) is 12.2 Å². The number of hydrogen-bond donors (Lipinski definition) is 1. The summed E-state index contributed by atoms with van der Waals surface area (Å²) in [6, 6.07) is 0. The van der Waals surface area contributed by atoms with Crippen molar-refractivity contribution in [3.8, 4) is 0 Å². The van der Waals surface area contributed by atoms with E-state index in [-0.39, 0.29) is 18.2 Å². The van der Waals surface area contributed by atoms with Crippen molar-refractivity contribution in [2.24, 2.45) is 5.92 Å². The maximum atomic E-state index is 12.2. The van der Waals surface area contributed by atoms with Crippen LogP contribution in [0.2, 0.25) is 0 Å². The van der Waals surface area contributed by atoms with Gasteiger partial charge in [0.1, 0.15) is 6.67 Å². The van der Waals surface area contributed by atoms with Gasteiger partial charge in [-0.2, -0.15) is 0 Å². The molecule has 0 aliphatic rings. The van der Waals surface area contributed by atoms with E-state index in [9.17, 15) is 9.18 Å². The van der Waals surface area contributed by atoms with Crippen LogP contribution in [0.15, 0.2) is 0 Å². The lowest BCUT2D eigenvalue weighted by Gasteiger charge is -2.07. The predicted molar refractivity (Wildman–Crippen MR) is 51.5 cm³/mol. The van der Waals surface area contributed by atoms with E-state index in [4.69, 9.17) is 5.11 Å². The van der Waals surface area contributed by atoms with E-state index < -0.39 is 12.6 Å². The summed E-state index contributed by atoms with van der Waals surface area (Å²) >= 11 is 0. The molecule has 0 fully saturated rings. The normalized spacial score (nSPS) is 10.9. The SMILES string of the molecule is CC(C)Cc1c(C(=O)O)nnn1CCF. The van der Waals surface area contributed by atoms with Crippen molar-refractivity contribution in [1.82, 2.24) is 15.0 Å². The molecule has 0 bridgehead atoms. The van der Waals surface area contributed by atoms with Crippen LogP contribution >= 0.6 is 0 Å². The van der Waals surface area contributed by atoms with Crippen LogP contribution in [0.3, 0.4) is 0 Å². The van der Waals surface area contributed by atoms with Crippen LogP contribution in [0.5, 0.6) is 0 Å². The number of halogens is 1. The van der Waals surface area contributed by atoms with Crippen molar-refractivity contribution in [1.29, 1.82) is 0 Å². The lowest BCUT2D eigenvalue weighted by Crippen LogP contribution is -2.12. The molecular formula is C9H14FN3O2. The molecule has 1 aromatic rings. The molecule has 1 heterocycles. The van der Waals surface area contributed by atoms with E-state index in [0.29, 0.717) is 12.1 Å². The molecule has 0 atom stereocenters. The van der Waals surface area contributed by atoms with Gasteiger partial charge in [0, 0.05) is 0 Å². The summed E-state index contributed by atoms with van der Waals surface area (Å²) < 4.78 is 13.5. The molecule has 1 N–H and O–H groups in total. The summed E-state index contributed by atoms with van der Waals surface area (Å²) in [5, 5.41) is 16.0. The molecule has 1 aromatic heterocycles. The fourth-order valence-corrected chi connectivity index (χ4v) is 1.35. The van der Waals surface area contributed by atoms with Gasteiger partial charge >= 0.3 is 5.97 Å². The fourth-order valence-electron chi connectivity index (χ4n) is 1.35. The van der Waals surface area contributed by atoms with Crippen LogP contribution < -0.4 is 0 Å². The summed E-state index contributed by atoms with van der Waals surface area (Å²) in [5.41, 5.74) is 0.423. The quantitative estimate of drug-likeness (QED) is 0.799. The maximum Gasteiger partial charge on any atom is 0.358 e. The predicted octanol–water partition coefficient (Wildman–Crippen LogP) is 1.14. The number of aromatic carboxylic acids is 1. The van der Waals surface area contributed by atoms with Crippen LogP contribution in [-0.2, 0) is 13.0 Å². The smallest absolute Gasteiger partial charge is 0.358 e. The zero-order valence-corrected chi connectivity index (χ0v) is 8.77. The Morgan fingerprint density at radius 1 is 1.60 bits per heavy atom. The zero-order chi connectivity index (χ0) is 11.4.